The molecule has 2 nitrogen and oxygen atoms in total. The molecule has 1 saturated carbocycles. The van der Waals surface area contributed by atoms with Crippen LogP contribution in [0.2, 0.25) is 0 Å². The maximum absolute atomic E-state index is 5.48. The molecule has 1 aromatic carbocycles. The van der Waals surface area contributed by atoms with Crippen molar-refractivity contribution in [3.63, 3.8) is 0 Å². The molecule has 0 saturated heterocycles. The average Bonchev–Trinajstić information content (AvgIpc) is 2.96. The molecule has 0 aliphatic heterocycles. The highest BCUT2D eigenvalue weighted by molar-refractivity contribution is 5.34. The van der Waals surface area contributed by atoms with E-state index in [0.717, 1.165) is 31.1 Å². The van der Waals surface area contributed by atoms with Crippen LogP contribution in [0.25, 0.3) is 0 Å². The van der Waals surface area contributed by atoms with Gasteiger partial charge in [-0.15, -0.1) is 0 Å². The van der Waals surface area contributed by atoms with E-state index in [4.69, 9.17) is 4.42 Å². The van der Waals surface area contributed by atoms with Gasteiger partial charge in [-0.2, -0.15) is 0 Å². The van der Waals surface area contributed by atoms with Crippen LogP contribution in [0, 0.1) is 0 Å². The van der Waals surface area contributed by atoms with Crippen molar-refractivity contribution >= 4 is 0 Å². The molecule has 21 heavy (non-hydrogen) atoms. The third-order valence-electron chi connectivity index (χ3n) is 4.63. The topological polar surface area (TPSA) is 25.2 Å². The van der Waals surface area contributed by atoms with Crippen molar-refractivity contribution in [3.05, 3.63) is 59.5 Å². The molecular formula is C19H25NO. The third-order valence-corrected chi connectivity index (χ3v) is 4.63. The zero-order chi connectivity index (χ0) is 14.5. The van der Waals surface area contributed by atoms with Gasteiger partial charge < -0.3 is 9.73 Å². The molecule has 2 heteroatoms. The monoisotopic (exact) mass is 283 g/mol. The number of benzene rings is 1. The third kappa shape index (κ3) is 3.38. The molecule has 2 aromatic rings. The average molecular weight is 283 g/mol. The van der Waals surface area contributed by atoms with E-state index in [0.29, 0.717) is 6.04 Å². The van der Waals surface area contributed by atoms with Gasteiger partial charge in [0.1, 0.15) is 5.76 Å². The molecule has 0 radical (unpaired) electrons. The lowest BCUT2D eigenvalue weighted by molar-refractivity contribution is 0.406. The van der Waals surface area contributed by atoms with E-state index in [1.807, 2.05) is 6.07 Å². The highest BCUT2D eigenvalue weighted by Crippen LogP contribution is 2.40. The smallest absolute Gasteiger partial charge is 0.103 e. The number of rotatable bonds is 7. The molecule has 0 spiro atoms. The van der Waals surface area contributed by atoms with Gasteiger partial charge in [0.05, 0.1) is 6.26 Å². The van der Waals surface area contributed by atoms with Crippen molar-refractivity contribution in [1.82, 2.24) is 5.32 Å². The molecular weight excluding hydrogens is 258 g/mol. The van der Waals surface area contributed by atoms with E-state index in [-0.39, 0.29) is 0 Å². The summed E-state index contributed by atoms with van der Waals surface area (Å²) in [7, 11) is 0. The first-order valence-corrected chi connectivity index (χ1v) is 8.23. The minimum absolute atomic E-state index is 0.428. The molecule has 1 unspecified atom stereocenters. The number of nitrogens with one attached hydrogen (secondary N) is 1. The van der Waals surface area contributed by atoms with E-state index in [9.17, 15) is 0 Å². The minimum atomic E-state index is 0.428. The molecule has 1 heterocycles. The fourth-order valence-corrected chi connectivity index (χ4v) is 3.27. The van der Waals surface area contributed by atoms with Crippen LogP contribution >= 0.6 is 0 Å². The number of furan rings is 1. The number of hydrogen-bond donors (Lipinski definition) is 1. The van der Waals surface area contributed by atoms with Gasteiger partial charge in [-0.1, -0.05) is 37.6 Å². The van der Waals surface area contributed by atoms with E-state index in [1.165, 1.54) is 24.8 Å². The normalized spacial score (nSPS) is 16.6. The summed E-state index contributed by atoms with van der Waals surface area (Å²) in [6.07, 6.45) is 7.94. The van der Waals surface area contributed by atoms with Crippen LogP contribution in [-0.2, 0) is 6.42 Å². The summed E-state index contributed by atoms with van der Waals surface area (Å²) in [5, 5.41) is 3.66. The van der Waals surface area contributed by atoms with Gasteiger partial charge in [-0.05, 0) is 55.0 Å². The maximum Gasteiger partial charge on any atom is 0.103 e. The van der Waals surface area contributed by atoms with Gasteiger partial charge in [-0.3, -0.25) is 0 Å². The Bertz CT molecular complexity index is 542. The molecule has 1 N–H and O–H groups in total. The Morgan fingerprint density at radius 2 is 2.05 bits per heavy atom. The zero-order valence-electron chi connectivity index (χ0n) is 12.8. The van der Waals surface area contributed by atoms with Crippen molar-refractivity contribution in [2.24, 2.45) is 0 Å². The van der Waals surface area contributed by atoms with Crippen LogP contribution in [0.3, 0.4) is 0 Å². The Balaban J connectivity index is 1.76. The lowest BCUT2D eigenvalue weighted by Crippen LogP contribution is -2.24. The summed E-state index contributed by atoms with van der Waals surface area (Å²) < 4.78 is 5.48. The second-order valence-electron chi connectivity index (χ2n) is 5.99. The number of aryl methyl sites for hydroxylation is 1. The zero-order valence-corrected chi connectivity index (χ0v) is 12.8. The van der Waals surface area contributed by atoms with Crippen molar-refractivity contribution in [1.29, 1.82) is 0 Å². The summed E-state index contributed by atoms with van der Waals surface area (Å²) in [6.45, 7) is 3.19. The standard InChI is InChI=1S/C19H25NO/c1-2-20-19(13-12-16-9-6-14-21-16)18-11-4-3-10-17(18)15-7-5-8-15/h3-4,6,9-11,14-15,19-20H,2,5,7-8,12-13H2,1H3. The van der Waals surface area contributed by atoms with Crippen LogP contribution in [-0.4, -0.2) is 6.54 Å². The molecule has 1 aromatic heterocycles. The van der Waals surface area contributed by atoms with Gasteiger partial charge in [0.25, 0.3) is 0 Å². The highest BCUT2D eigenvalue weighted by atomic mass is 16.3. The lowest BCUT2D eigenvalue weighted by atomic mass is 9.77. The molecule has 112 valence electrons. The second kappa shape index (κ2) is 6.95. The Hall–Kier alpha value is -1.54. The summed E-state index contributed by atoms with van der Waals surface area (Å²) in [6, 6.07) is 13.5. The first-order valence-electron chi connectivity index (χ1n) is 8.23. The summed E-state index contributed by atoms with van der Waals surface area (Å²) in [4.78, 5) is 0. The molecule has 0 bridgehead atoms. The fraction of sp³-hybridized carbons (Fsp3) is 0.474. The fourth-order valence-electron chi connectivity index (χ4n) is 3.27. The van der Waals surface area contributed by atoms with E-state index < -0.39 is 0 Å². The summed E-state index contributed by atoms with van der Waals surface area (Å²) >= 11 is 0. The minimum Gasteiger partial charge on any atom is -0.469 e. The van der Waals surface area contributed by atoms with E-state index in [2.05, 4.69) is 42.6 Å². The van der Waals surface area contributed by atoms with Crippen molar-refractivity contribution < 1.29 is 4.42 Å². The largest absolute Gasteiger partial charge is 0.469 e. The molecule has 3 rings (SSSR count). The van der Waals surface area contributed by atoms with Gasteiger partial charge in [0.2, 0.25) is 0 Å². The van der Waals surface area contributed by atoms with Gasteiger partial charge >= 0.3 is 0 Å². The van der Waals surface area contributed by atoms with E-state index in [1.54, 1.807) is 11.8 Å². The first kappa shape index (κ1) is 14.4. The van der Waals surface area contributed by atoms with Gasteiger partial charge in [-0.25, -0.2) is 0 Å². The SMILES string of the molecule is CCNC(CCc1ccco1)c1ccccc1C1CCC1. The van der Waals surface area contributed by atoms with Crippen molar-refractivity contribution in [2.75, 3.05) is 6.54 Å². The summed E-state index contributed by atoms with van der Waals surface area (Å²) in [5.74, 6) is 1.87. The second-order valence-corrected chi connectivity index (χ2v) is 5.99. The van der Waals surface area contributed by atoms with Crippen LogP contribution in [0.15, 0.2) is 47.1 Å². The Labute approximate surface area is 127 Å². The van der Waals surface area contributed by atoms with Crippen molar-refractivity contribution in [3.8, 4) is 0 Å². The highest BCUT2D eigenvalue weighted by Gasteiger charge is 2.24. The molecule has 1 aliphatic rings. The lowest BCUT2D eigenvalue weighted by Gasteiger charge is -2.30. The van der Waals surface area contributed by atoms with Crippen LogP contribution in [0.1, 0.15) is 61.5 Å². The van der Waals surface area contributed by atoms with Crippen LogP contribution in [0.4, 0.5) is 0 Å². The predicted octanol–water partition coefficient (Wildman–Crippen LogP) is 4.83. The molecule has 1 fully saturated rings. The van der Waals surface area contributed by atoms with Crippen LogP contribution in [0.5, 0.6) is 0 Å². The molecule has 1 aliphatic carbocycles. The quantitative estimate of drug-likeness (QED) is 0.787. The van der Waals surface area contributed by atoms with Crippen LogP contribution < -0.4 is 5.32 Å². The first-order chi connectivity index (χ1) is 10.4. The Kier molecular flexibility index (Phi) is 4.76. The Morgan fingerprint density at radius 1 is 1.19 bits per heavy atom. The van der Waals surface area contributed by atoms with Crippen molar-refractivity contribution in [2.45, 2.75) is 51.0 Å². The maximum atomic E-state index is 5.48. The Morgan fingerprint density at radius 3 is 2.71 bits per heavy atom. The molecule has 1 atom stereocenters. The number of hydrogen-bond acceptors (Lipinski definition) is 2. The molecule has 0 amide bonds. The predicted molar refractivity (Wildman–Crippen MR) is 86.5 cm³/mol. The van der Waals surface area contributed by atoms with Gasteiger partial charge in [0, 0.05) is 12.5 Å². The van der Waals surface area contributed by atoms with Gasteiger partial charge in [0.15, 0.2) is 0 Å². The van der Waals surface area contributed by atoms with E-state index >= 15 is 0 Å². The summed E-state index contributed by atoms with van der Waals surface area (Å²) in [5.41, 5.74) is 3.06.